The lowest BCUT2D eigenvalue weighted by molar-refractivity contribution is -0.119. The van der Waals surface area contributed by atoms with Gasteiger partial charge in [-0.1, -0.05) is 0 Å². The zero-order valence-corrected chi connectivity index (χ0v) is 13.8. The van der Waals surface area contributed by atoms with Gasteiger partial charge < -0.3 is 15.0 Å². The van der Waals surface area contributed by atoms with E-state index in [9.17, 15) is 10.1 Å². The summed E-state index contributed by atoms with van der Waals surface area (Å²) in [6.07, 6.45) is 5.78. The molecule has 122 valence electrons. The molecule has 0 radical (unpaired) electrons. The molecule has 2 saturated heterocycles. The van der Waals surface area contributed by atoms with Crippen LogP contribution in [0.3, 0.4) is 0 Å². The van der Waals surface area contributed by atoms with Crippen molar-refractivity contribution in [3.63, 3.8) is 0 Å². The Morgan fingerprint density at radius 2 is 2.26 bits per heavy atom. The molecule has 4 rings (SSSR count). The van der Waals surface area contributed by atoms with E-state index in [1.54, 1.807) is 11.0 Å². The molecule has 3 fully saturated rings. The van der Waals surface area contributed by atoms with Crippen LogP contribution < -0.4 is 10.2 Å². The minimum atomic E-state index is -0.118. The smallest absolute Gasteiger partial charge is 0.244 e. The zero-order valence-electron chi connectivity index (χ0n) is 13.0. The monoisotopic (exact) mass is 331 g/mol. The Bertz CT molecular complexity index is 638. The maximum Gasteiger partial charge on any atom is 0.244 e. The second-order valence-corrected chi connectivity index (χ2v) is 7.54. The minimum absolute atomic E-state index is 0.116. The Morgan fingerprint density at radius 1 is 1.35 bits per heavy atom. The van der Waals surface area contributed by atoms with Crippen LogP contribution in [-0.2, 0) is 9.53 Å². The van der Waals surface area contributed by atoms with Gasteiger partial charge in [0, 0.05) is 25.1 Å². The number of rotatable bonds is 3. The predicted molar refractivity (Wildman–Crippen MR) is 88.4 cm³/mol. The molecule has 3 aliphatic rings. The number of nitrogens with one attached hydrogen (secondary N) is 1. The second kappa shape index (κ2) is 6.23. The molecule has 0 aromatic carbocycles. The third-order valence-electron chi connectivity index (χ3n) is 5.41. The van der Waals surface area contributed by atoms with Crippen LogP contribution in [0.1, 0.15) is 37.7 Å². The van der Waals surface area contributed by atoms with E-state index < -0.39 is 0 Å². The first-order valence-corrected chi connectivity index (χ1v) is 9.32. The fourth-order valence-electron chi connectivity index (χ4n) is 4.27. The molecule has 0 bridgehead atoms. The zero-order chi connectivity index (χ0) is 15.8. The van der Waals surface area contributed by atoms with Crippen molar-refractivity contribution in [2.45, 2.75) is 50.3 Å². The van der Waals surface area contributed by atoms with Gasteiger partial charge in [-0.3, -0.25) is 4.79 Å². The van der Waals surface area contributed by atoms with E-state index >= 15 is 0 Å². The Hall–Kier alpha value is -1.42. The van der Waals surface area contributed by atoms with E-state index in [-0.39, 0.29) is 11.9 Å². The van der Waals surface area contributed by atoms with E-state index in [0.29, 0.717) is 30.2 Å². The number of nitriles is 1. The highest BCUT2D eigenvalue weighted by atomic mass is 32.1. The lowest BCUT2D eigenvalue weighted by Crippen LogP contribution is -2.50. The third-order valence-corrected chi connectivity index (χ3v) is 6.35. The summed E-state index contributed by atoms with van der Waals surface area (Å²) in [5, 5.41) is 15.5. The highest BCUT2D eigenvalue weighted by molar-refractivity contribution is 7.14. The van der Waals surface area contributed by atoms with Crippen molar-refractivity contribution in [3.8, 4) is 6.07 Å². The van der Waals surface area contributed by atoms with Gasteiger partial charge in [0.15, 0.2) is 0 Å². The topological polar surface area (TPSA) is 65.4 Å². The average Bonchev–Trinajstić information content (AvgIpc) is 3.28. The largest absolute Gasteiger partial charge is 0.378 e. The van der Waals surface area contributed by atoms with E-state index in [0.717, 1.165) is 37.3 Å². The Kier molecular flexibility index (Phi) is 4.10. The molecule has 1 amide bonds. The summed E-state index contributed by atoms with van der Waals surface area (Å²) in [7, 11) is 0. The molecular formula is C17H21N3O2S. The summed E-state index contributed by atoms with van der Waals surface area (Å²) in [6, 6.07) is 4.24. The van der Waals surface area contributed by atoms with E-state index in [1.807, 2.05) is 5.38 Å². The van der Waals surface area contributed by atoms with Crippen LogP contribution in [0.5, 0.6) is 0 Å². The molecule has 0 unspecified atom stereocenters. The summed E-state index contributed by atoms with van der Waals surface area (Å²) in [6.45, 7) is 1.56. The Labute approximate surface area is 140 Å². The standard InChI is InChI=1S/C17H21N3O2S/c18-10-11-6-9-23-17(11)20-7-4-14(16(20)21)19-13-2-1-3-15-12(13)5-8-22-15/h6,9,12-15,19H,1-5,7-8H2/t12-,13+,14-,15+/m0/s1. The number of carbonyl (C=O) groups is 1. The van der Waals surface area contributed by atoms with Crippen molar-refractivity contribution in [1.82, 2.24) is 5.32 Å². The van der Waals surface area contributed by atoms with Crippen LogP contribution in [0.2, 0.25) is 0 Å². The van der Waals surface area contributed by atoms with Gasteiger partial charge in [0.2, 0.25) is 5.91 Å². The quantitative estimate of drug-likeness (QED) is 0.923. The number of fused-ring (bicyclic) bond motifs is 1. The average molecular weight is 331 g/mol. The molecule has 2 aliphatic heterocycles. The van der Waals surface area contributed by atoms with Crippen molar-refractivity contribution >= 4 is 22.2 Å². The summed E-state index contributed by atoms with van der Waals surface area (Å²) >= 11 is 1.47. The fourth-order valence-corrected chi connectivity index (χ4v) is 5.15. The van der Waals surface area contributed by atoms with Gasteiger partial charge in [0.25, 0.3) is 0 Å². The maximum absolute atomic E-state index is 12.8. The summed E-state index contributed by atoms with van der Waals surface area (Å²) in [5.41, 5.74) is 0.603. The van der Waals surface area contributed by atoms with Gasteiger partial charge >= 0.3 is 0 Å². The molecule has 5 nitrogen and oxygen atoms in total. The number of hydrogen-bond donors (Lipinski definition) is 1. The number of thiophene rings is 1. The fraction of sp³-hybridized carbons (Fsp3) is 0.647. The number of ether oxygens (including phenoxy) is 1. The first kappa shape index (κ1) is 15.1. The lowest BCUT2D eigenvalue weighted by atomic mass is 9.81. The summed E-state index contributed by atoms with van der Waals surface area (Å²) < 4.78 is 5.82. The van der Waals surface area contributed by atoms with Crippen molar-refractivity contribution in [1.29, 1.82) is 5.26 Å². The van der Waals surface area contributed by atoms with Crippen LogP contribution in [0.15, 0.2) is 11.4 Å². The minimum Gasteiger partial charge on any atom is -0.378 e. The van der Waals surface area contributed by atoms with Crippen molar-refractivity contribution in [2.75, 3.05) is 18.1 Å². The van der Waals surface area contributed by atoms with Gasteiger partial charge in [-0.05, 0) is 43.6 Å². The normalized spacial score (nSPS) is 33.7. The molecule has 6 heteroatoms. The third kappa shape index (κ3) is 2.67. The van der Waals surface area contributed by atoms with Gasteiger partial charge in [0.1, 0.15) is 11.1 Å². The Morgan fingerprint density at radius 3 is 3.13 bits per heavy atom. The van der Waals surface area contributed by atoms with Crippen LogP contribution >= 0.6 is 11.3 Å². The van der Waals surface area contributed by atoms with Crippen molar-refractivity contribution < 1.29 is 9.53 Å². The first-order valence-electron chi connectivity index (χ1n) is 8.44. The van der Waals surface area contributed by atoms with Crippen molar-refractivity contribution in [2.24, 2.45) is 5.92 Å². The van der Waals surface area contributed by atoms with Gasteiger partial charge in [0.05, 0.1) is 17.7 Å². The highest BCUT2D eigenvalue weighted by Crippen LogP contribution is 2.36. The number of nitrogens with zero attached hydrogens (tertiary/aromatic N) is 2. The second-order valence-electron chi connectivity index (χ2n) is 6.65. The van der Waals surface area contributed by atoms with E-state index in [4.69, 9.17) is 4.74 Å². The molecule has 1 N–H and O–H groups in total. The first-order chi connectivity index (χ1) is 11.3. The molecule has 1 aromatic rings. The summed E-state index contributed by atoms with van der Waals surface area (Å²) in [5.74, 6) is 0.673. The Balaban J connectivity index is 1.45. The van der Waals surface area contributed by atoms with Crippen LogP contribution in [-0.4, -0.2) is 37.2 Å². The number of amides is 1. The SMILES string of the molecule is N#Cc1ccsc1N1CC[C@H](N[C@@H]2CCC[C@H]3OCC[C@@H]23)C1=O. The van der Waals surface area contributed by atoms with Crippen LogP contribution in [0.25, 0.3) is 0 Å². The highest BCUT2D eigenvalue weighted by Gasteiger charge is 2.41. The van der Waals surface area contributed by atoms with E-state index in [1.165, 1.54) is 17.8 Å². The number of anilines is 1. The van der Waals surface area contributed by atoms with Gasteiger partial charge in [-0.15, -0.1) is 11.3 Å². The van der Waals surface area contributed by atoms with Gasteiger partial charge in [-0.2, -0.15) is 5.26 Å². The number of carbonyl (C=O) groups excluding carboxylic acids is 1. The van der Waals surface area contributed by atoms with Crippen LogP contribution in [0, 0.1) is 17.2 Å². The molecule has 1 aromatic heterocycles. The van der Waals surface area contributed by atoms with Crippen molar-refractivity contribution in [3.05, 3.63) is 17.0 Å². The molecule has 1 aliphatic carbocycles. The maximum atomic E-state index is 12.8. The molecule has 1 saturated carbocycles. The predicted octanol–water partition coefficient (Wildman–Crippen LogP) is 2.27. The lowest BCUT2D eigenvalue weighted by Gasteiger charge is -2.34. The van der Waals surface area contributed by atoms with E-state index in [2.05, 4.69) is 11.4 Å². The van der Waals surface area contributed by atoms with Gasteiger partial charge in [-0.25, -0.2) is 0 Å². The number of hydrogen-bond acceptors (Lipinski definition) is 5. The molecule has 4 atom stereocenters. The molecule has 3 heterocycles. The molecule has 23 heavy (non-hydrogen) atoms. The van der Waals surface area contributed by atoms with Crippen LogP contribution in [0.4, 0.5) is 5.00 Å². The molecule has 0 spiro atoms. The molecular weight excluding hydrogens is 310 g/mol. The summed E-state index contributed by atoms with van der Waals surface area (Å²) in [4.78, 5) is 14.6.